The molecular formula is C5H9N2O3. The van der Waals surface area contributed by atoms with E-state index in [-0.39, 0.29) is 13.0 Å². The number of hydrogen-bond acceptors (Lipinski definition) is 2. The molecule has 0 rings (SSSR count). The van der Waals surface area contributed by atoms with Crippen molar-refractivity contribution in [3.8, 4) is 0 Å². The van der Waals surface area contributed by atoms with Crippen LogP contribution in [0.15, 0.2) is 0 Å². The maximum absolute atomic E-state index is 9.90. The van der Waals surface area contributed by atoms with Gasteiger partial charge in [-0.15, -0.1) is 0 Å². The van der Waals surface area contributed by atoms with E-state index < -0.39 is 12.0 Å². The lowest BCUT2D eigenvalue weighted by molar-refractivity contribution is -0.137. The van der Waals surface area contributed by atoms with Crippen LogP contribution in [-0.4, -0.2) is 23.7 Å². The maximum atomic E-state index is 9.90. The van der Waals surface area contributed by atoms with Crippen molar-refractivity contribution in [1.29, 1.82) is 0 Å². The number of carboxylic acid groups (broad SMARTS) is 1. The van der Waals surface area contributed by atoms with Crippen LogP contribution in [0, 0.1) is 0 Å². The first-order chi connectivity index (χ1) is 4.63. The normalized spacial score (nSPS) is 8.80. The van der Waals surface area contributed by atoms with Crippen LogP contribution in [0.5, 0.6) is 0 Å². The second kappa shape index (κ2) is 4.60. The predicted molar refractivity (Wildman–Crippen MR) is 33.4 cm³/mol. The molecule has 0 aromatic carbocycles. The summed E-state index contributed by atoms with van der Waals surface area (Å²) < 4.78 is 0. The van der Waals surface area contributed by atoms with Gasteiger partial charge in [0.2, 0.25) is 0 Å². The summed E-state index contributed by atoms with van der Waals surface area (Å²) in [6.45, 7) is 0.259. The molecule has 3 N–H and O–H groups in total. The number of rotatable bonds is 4. The molecule has 5 heteroatoms. The number of hydrogen-bond donors (Lipinski definition) is 2. The topological polar surface area (TPSA) is 90.2 Å². The lowest BCUT2D eigenvalue weighted by Gasteiger charge is -1.96. The molecule has 0 saturated heterocycles. The van der Waals surface area contributed by atoms with E-state index in [2.05, 4.69) is 5.32 Å². The van der Waals surface area contributed by atoms with Crippen LogP contribution >= 0.6 is 0 Å². The summed E-state index contributed by atoms with van der Waals surface area (Å²) in [6, 6.07) is -0.870. The van der Waals surface area contributed by atoms with Gasteiger partial charge in [0.1, 0.15) is 0 Å². The molecule has 0 aliphatic rings. The zero-order chi connectivity index (χ0) is 7.98. The Balaban J connectivity index is 3.06. The summed E-state index contributed by atoms with van der Waals surface area (Å²) in [6.07, 6.45) is 0.403. The van der Waals surface area contributed by atoms with Gasteiger partial charge in [-0.1, -0.05) is 0 Å². The van der Waals surface area contributed by atoms with Gasteiger partial charge in [0, 0.05) is 13.0 Å². The van der Waals surface area contributed by atoms with E-state index in [0.29, 0.717) is 6.42 Å². The Morgan fingerprint density at radius 2 is 2.10 bits per heavy atom. The Bertz CT molecular complexity index is 119. The van der Waals surface area contributed by atoms with Crippen molar-refractivity contribution in [2.24, 2.45) is 0 Å². The Kier molecular flexibility index (Phi) is 4.02. The van der Waals surface area contributed by atoms with Crippen LogP contribution in [0.3, 0.4) is 0 Å². The molecule has 0 spiro atoms. The highest BCUT2D eigenvalue weighted by molar-refractivity contribution is 5.70. The fourth-order valence-electron chi connectivity index (χ4n) is 0.442. The van der Waals surface area contributed by atoms with E-state index in [1.807, 2.05) is 0 Å². The predicted octanol–water partition coefficient (Wildman–Crippen LogP) is -0.156. The molecule has 0 saturated carbocycles. The maximum Gasteiger partial charge on any atom is 0.333 e. The molecule has 0 unspecified atom stereocenters. The van der Waals surface area contributed by atoms with Gasteiger partial charge in [-0.05, 0) is 6.42 Å². The number of nitrogens with one attached hydrogen (secondary N) is 2. The molecule has 0 aliphatic heterocycles. The van der Waals surface area contributed by atoms with E-state index in [1.54, 1.807) is 0 Å². The number of carbonyl (C=O) groups excluding carboxylic acids is 1. The molecule has 1 radical (unpaired) electrons. The molecular weight excluding hydrogens is 136 g/mol. The molecule has 0 aromatic heterocycles. The van der Waals surface area contributed by atoms with Gasteiger partial charge in [0.05, 0.1) is 0 Å². The summed E-state index contributed by atoms with van der Waals surface area (Å²) in [5.74, 6) is -0.890. The SMILES string of the molecule is [NH]C(=O)NCCCC(=O)O. The summed E-state index contributed by atoms with van der Waals surface area (Å²) in [5.41, 5.74) is 6.37. The standard InChI is InChI=1S/C5H9N2O3/c6-5(10)7-3-1-2-4(8)9/h6H,1-3H2,(H,7,10)(H,8,9). The van der Waals surface area contributed by atoms with Crippen LogP contribution in [-0.2, 0) is 4.79 Å². The van der Waals surface area contributed by atoms with Crippen molar-refractivity contribution >= 4 is 12.0 Å². The summed E-state index contributed by atoms with van der Waals surface area (Å²) in [4.78, 5) is 19.8. The minimum atomic E-state index is -0.890. The van der Waals surface area contributed by atoms with Gasteiger partial charge >= 0.3 is 12.0 Å². The highest BCUT2D eigenvalue weighted by atomic mass is 16.4. The van der Waals surface area contributed by atoms with Crippen molar-refractivity contribution in [2.75, 3.05) is 6.54 Å². The van der Waals surface area contributed by atoms with Gasteiger partial charge in [-0.2, -0.15) is 0 Å². The summed E-state index contributed by atoms with van der Waals surface area (Å²) in [7, 11) is 0. The van der Waals surface area contributed by atoms with Crippen molar-refractivity contribution in [3.63, 3.8) is 0 Å². The first kappa shape index (κ1) is 8.74. The van der Waals surface area contributed by atoms with Crippen molar-refractivity contribution in [2.45, 2.75) is 12.8 Å². The van der Waals surface area contributed by atoms with E-state index in [1.165, 1.54) is 0 Å². The Morgan fingerprint density at radius 3 is 2.50 bits per heavy atom. The second-order valence-electron chi connectivity index (χ2n) is 1.75. The second-order valence-corrected chi connectivity index (χ2v) is 1.75. The fraction of sp³-hybridized carbons (Fsp3) is 0.600. The smallest absolute Gasteiger partial charge is 0.333 e. The summed E-state index contributed by atoms with van der Waals surface area (Å²) >= 11 is 0. The number of carboxylic acids is 1. The number of aliphatic carboxylic acids is 1. The zero-order valence-corrected chi connectivity index (χ0v) is 5.39. The van der Waals surface area contributed by atoms with E-state index in [9.17, 15) is 9.59 Å². The zero-order valence-electron chi connectivity index (χ0n) is 5.39. The van der Waals surface area contributed by atoms with Crippen molar-refractivity contribution < 1.29 is 14.7 Å². The van der Waals surface area contributed by atoms with Crippen LogP contribution in [0.25, 0.3) is 0 Å². The van der Waals surface area contributed by atoms with Crippen LogP contribution in [0.2, 0.25) is 0 Å². The van der Waals surface area contributed by atoms with Crippen LogP contribution in [0.1, 0.15) is 12.8 Å². The molecule has 0 fully saturated rings. The molecule has 0 aliphatic carbocycles. The molecule has 2 amide bonds. The van der Waals surface area contributed by atoms with Gasteiger partial charge < -0.3 is 10.4 Å². The molecule has 5 nitrogen and oxygen atoms in total. The van der Waals surface area contributed by atoms with Crippen molar-refractivity contribution in [3.05, 3.63) is 0 Å². The Labute approximate surface area is 58.2 Å². The fourth-order valence-corrected chi connectivity index (χ4v) is 0.442. The van der Waals surface area contributed by atoms with Crippen LogP contribution < -0.4 is 11.1 Å². The van der Waals surface area contributed by atoms with Gasteiger partial charge in [-0.3, -0.25) is 4.79 Å². The minimum absolute atomic E-state index is 0.0281. The van der Waals surface area contributed by atoms with E-state index in [0.717, 1.165) is 0 Å². The molecule has 0 aromatic rings. The average Bonchev–Trinajstić information content (AvgIpc) is 1.79. The highest BCUT2D eigenvalue weighted by Crippen LogP contribution is 1.84. The highest BCUT2D eigenvalue weighted by Gasteiger charge is 1.96. The Morgan fingerprint density at radius 1 is 1.50 bits per heavy atom. The van der Waals surface area contributed by atoms with E-state index in [4.69, 9.17) is 10.8 Å². The number of urea groups is 1. The monoisotopic (exact) mass is 145 g/mol. The lowest BCUT2D eigenvalue weighted by atomic mass is 10.3. The molecule has 57 valence electrons. The first-order valence-electron chi connectivity index (χ1n) is 2.84. The van der Waals surface area contributed by atoms with Crippen molar-refractivity contribution in [1.82, 2.24) is 11.1 Å². The van der Waals surface area contributed by atoms with Gasteiger partial charge in [-0.25, -0.2) is 10.5 Å². The summed E-state index contributed by atoms with van der Waals surface area (Å²) in [5, 5.41) is 10.3. The van der Waals surface area contributed by atoms with Crippen LogP contribution in [0.4, 0.5) is 4.79 Å². The third kappa shape index (κ3) is 6.74. The van der Waals surface area contributed by atoms with Gasteiger partial charge in [0.15, 0.2) is 0 Å². The first-order valence-corrected chi connectivity index (χ1v) is 2.84. The number of carbonyl (C=O) groups is 2. The molecule has 10 heavy (non-hydrogen) atoms. The third-order valence-corrected chi connectivity index (χ3v) is 0.853. The quantitative estimate of drug-likeness (QED) is 0.538. The minimum Gasteiger partial charge on any atom is -0.481 e. The average molecular weight is 145 g/mol. The molecule has 0 atom stereocenters. The largest absolute Gasteiger partial charge is 0.481 e. The lowest BCUT2D eigenvalue weighted by Crippen LogP contribution is -2.23. The van der Waals surface area contributed by atoms with E-state index >= 15 is 0 Å². The van der Waals surface area contributed by atoms with Gasteiger partial charge in [0.25, 0.3) is 0 Å². The third-order valence-electron chi connectivity index (χ3n) is 0.853. The Hall–Kier alpha value is -1.26. The number of amides is 2. The molecule has 0 bridgehead atoms. The molecule has 0 heterocycles.